The summed E-state index contributed by atoms with van der Waals surface area (Å²) in [6.45, 7) is 3.98. The number of likely N-dealkylation sites (tertiary alicyclic amines) is 1. The highest BCUT2D eigenvalue weighted by Gasteiger charge is 2.32. The molecule has 0 bridgehead atoms. The van der Waals surface area contributed by atoms with Crippen molar-refractivity contribution in [2.24, 2.45) is 16.8 Å². The van der Waals surface area contributed by atoms with Crippen LogP contribution in [0.15, 0.2) is 4.99 Å². The van der Waals surface area contributed by atoms with Crippen LogP contribution in [0.25, 0.3) is 0 Å². The molecule has 172 valence electrons. The molecule has 2 amide bonds. The Kier molecular flexibility index (Phi) is 10.6. The summed E-state index contributed by atoms with van der Waals surface area (Å²) < 4.78 is 5.45. The molecule has 2 heterocycles. The van der Waals surface area contributed by atoms with E-state index in [1.165, 1.54) is 19.3 Å². The summed E-state index contributed by atoms with van der Waals surface area (Å²) >= 11 is 0. The Bertz CT molecular complexity index is 589. The smallest absolute Gasteiger partial charge is 0.243 e. The lowest BCUT2D eigenvalue weighted by atomic mass is 9.88. The fourth-order valence-electron chi connectivity index (χ4n) is 4.31. The van der Waals surface area contributed by atoms with E-state index in [4.69, 9.17) is 4.74 Å². The molecule has 0 radical (unpaired) electrons. The van der Waals surface area contributed by atoms with Gasteiger partial charge in [-0.1, -0.05) is 19.3 Å². The van der Waals surface area contributed by atoms with Gasteiger partial charge in [-0.2, -0.15) is 0 Å². The van der Waals surface area contributed by atoms with Gasteiger partial charge in [-0.3, -0.25) is 9.59 Å². The maximum atomic E-state index is 12.8. The van der Waals surface area contributed by atoms with Crippen LogP contribution in [0.2, 0.25) is 0 Å². The van der Waals surface area contributed by atoms with Crippen LogP contribution in [0, 0.1) is 11.8 Å². The van der Waals surface area contributed by atoms with E-state index < -0.39 is 0 Å². The van der Waals surface area contributed by atoms with Crippen molar-refractivity contribution in [3.05, 3.63) is 0 Å². The highest BCUT2D eigenvalue weighted by molar-refractivity contribution is 14.0. The lowest BCUT2D eigenvalue weighted by molar-refractivity contribution is -0.135. The van der Waals surface area contributed by atoms with E-state index in [9.17, 15) is 9.59 Å². The predicted octanol–water partition coefficient (Wildman–Crippen LogP) is 1.45. The molecule has 0 aromatic rings. The van der Waals surface area contributed by atoms with Gasteiger partial charge in [0.2, 0.25) is 11.8 Å². The summed E-state index contributed by atoms with van der Waals surface area (Å²) in [7, 11) is 3.47. The molecule has 3 fully saturated rings. The van der Waals surface area contributed by atoms with E-state index in [0.717, 1.165) is 52.0 Å². The second kappa shape index (κ2) is 12.7. The number of hydrogen-bond acceptors (Lipinski definition) is 4. The lowest BCUT2D eigenvalue weighted by Gasteiger charge is -2.26. The molecule has 2 saturated heterocycles. The van der Waals surface area contributed by atoms with Crippen molar-refractivity contribution in [1.29, 1.82) is 0 Å². The SMILES string of the molecule is CN(C)C(=O)CN=C(NCC1CCOC1)NC1CCN(C(=O)C2CCCCC2)C1.I. The van der Waals surface area contributed by atoms with Gasteiger partial charge in [-0.25, -0.2) is 4.99 Å². The van der Waals surface area contributed by atoms with Gasteiger partial charge in [0.15, 0.2) is 5.96 Å². The number of amides is 2. The maximum absolute atomic E-state index is 12.8. The standard InChI is InChI=1S/C21H37N5O3.HI/c1-25(2)19(27)13-23-21(22-12-16-9-11-29-15-16)24-18-8-10-26(14-18)20(28)17-6-4-3-5-7-17;/h16-18H,3-15H2,1-2H3,(H2,22,23,24);1H. The third kappa shape index (κ3) is 7.55. The molecule has 0 spiro atoms. The zero-order valence-electron chi connectivity index (χ0n) is 18.4. The third-order valence-corrected chi connectivity index (χ3v) is 6.25. The van der Waals surface area contributed by atoms with Crippen LogP contribution in [0.4, 0.5) is 0 Å². The summed E-state index contributed by atoms with van der Waals surface area (Å²) in [6, 6.07) is 0.170. The number of halogens is 1. The van der Waals surface area contributed by atoms with Crippen LogP contribution in [-0.4, -0.2) is 87.1 Å². The number of likely N-dealkylation sites (N-methyl/N-ethyl adjacent to an activating group) is 1. The van der Waals surface area contributed by atoms with Crippen molar-refractivity contribution in [3.8, 4) is 0 Å². The first-order valence-corrected chi connectivity index (χ1v) is 11.1. The molecule has 8 nitrogen and oxygen atoms in total. The van der Waals surface area contributed by atoms with Gasteiger partial charge in [-0.15, -0.1) is 24.0 Å². The fourth-order valence-corrected chi connectivity index (χ4v) is 4.31. The number of carbonyl (C=O) groups is 2. The van der Waals surface area contributed by atoms with Crippen LogP contribution in [0.5, 0.6) is 0 Å². The molecule has 3 aliphatic rings. The maximum Gasteiger partial charge on any atom is 0.243 e. The van der Waals surface area contributed by atoms with Gasteiger partial charge in [-0.05, 0) is 25.7 Å². The molecule has 2 unspecified atom stereocenters. The van der Waals surface area contributed by atoms with Crippen molar-refractivity contribution < 1.29 is 14.3 Å². The minimum Gasteiger partial charge on any atom is -0.381 e. The average Bonchev–Trinajstić information content (AvgIpc) is 3.42. The number of rotatable bonds is 6. The number of aliphatic imine (C=N–C) groups is 1. The largest absolute Gasteiger partial charge is 0.381 e. The molecular formula is C21H38IN5O3. The Morgan fingerprint density at radius 2 is 1.90 bits per heavy atom. The predicted molar refractivity (Wildman–Crippen MR) is 128 cm³/mol. The summed E-state index contributed by atoms with van der Waals surface area (Å²) in [5.74, 6) is 1.64. The normalized spacial score (nSPS) is 25.0. The minimum absolute atomic E-state index is 0. The Labute approximate surface area is 197 Å². The van der Waals surface area contributed by atoms with Crippen molar-refractivity contribution in [2.45, 2.75) is 51.0 Å². The number of nitrogens with one attached hydrogen (secondary N) is 2. The van der Waals surface area contributed by atoms with Crippen molar-refractivity contribution in [3.63, 3.8) is 0 Å². The fraction of sp³-hybridized carbons (Fsp3) is 0.857. The summed E-state index contributed by atoms with van der Waals surface area (Å²) in [4.78, 5) is 32.8. The summed E-state index contributed by atoms with van der Waals surface area (Å²) in [6.07, 6.45) is 7.65. The van der Waals surface area contributed by atoms with Crippen LogP contribution >= 0.6 is 24.0 Å². The highest BCUT2D eigenvalue weighted by atomic mass is 127. The molecule has 30 heavy (non-hydrogen) atoms. The topological polar surface area (TPSA) is 86.3 Å². The zero-order chi connectivity index (χ0) is 20.6. The molecule has 2 aliphatic heterocycles. The summed E-state index contributed by atoms with van der Waals surface area (Å²) in [5.41, 5.74) is 0. The molecule has 9 heteroatoms. The van der Waals surface area contributed by atoms with Crippen molar-refractivity contribution in [1.82, 2.24) is 20.4 Å². The number of hydrogen-bond donors (Lipinski definition) is 2. The van der Waals surface area contributed by atoms with Crippen molar-refractivity contribution >= 4 is 41.8 Å². The first-order chi connectivity index (χ1) is 14.0. The number of guanidine groups is 1. The van der Waals surface area contributed by atoms with Crippen LogP contribution in [0.3, 0.4) is 0 Å². The van der Waals surface area contributed by atoms with E-state index in [1.807, 2.05) is 4.90 Å². The molecule has 1 aliphatic carbocycles. The Balaban J connectivity index is 0.00000320. The number of carbonyl (C=O) groups excluding carboxylic acids is 2. The molecular weight excluding hydrogens is 497 g/mol. The Morgan fingerprint density at radius 3 is 2.57 bits per heavy atom. The average molecular weight is 535 g/mol. The molecule has 1 saturated carbocycles. The summed E-state index contributed by atoms with van der Waals surface area (Å²) in [5, 5.41) is 6.83. The first kappa shape index (κ1) is 25.2. The van der Waals surface area contributed by atoms with Gasteiger partial charge < -0.3 is 25.2 Å². The molecule has 2 N–H and O–H groups in total. The third-order valence-electron chi connectivity index (χ3n) is 6.25. The van der Waals surface area contributed by atoms with Gasteiger partial charge in [0.05, 0.1) is 6.61 Å². The highest BCUT2D eigenvalue weighted by Crippen LogP contribution is 2.26. The molecule has 2 atom stereocenters. The van der Waals surface area contributed by atoms with Crippen LogP contribution in [0.1, 0.15) is 44.9 Å². The molecule has 3 rings (SSSR count). The second-order valence-corrected chi connectivity index (χ2v) is 8.81. The van der Waals surface area contributed by atoms with Crippen molar-refractivity contribution in [2.75, 3.05) is 53.5 Å². The second-order valence-electron chi connectivity index (χ2n) is 8.81. The molecule has 0 aromatic carbocycles. The first-order valence-electron chi connectivity index (χ1n) is 11.1. The minimum atomic E-state index is -0.0316. The van der Waals surface area contributed by atoms with E-state index in [-0.39, 0.29) is 48.4 Å². The Morgan fingerprint density at radius 1 is 1.13 bits per heavy atom. The van der Waals surface area contributed by atoms with Gasteiger partial charge >= 0.3 is 0 Å². The number of nitrogens with zero attached hydrogens (tertiary/aromatic N) is 3. The van der Waals surface area contributed by atoms with Crippen LogP contribution < -0.4 is 10.6 Å². The van der Waals surface area contributed by atoms with E-state index in [1.54, 1.807) is 19.0 Å². The lowest BCUT2D eigenvalue weighted by Crippen LogP contribution is -2.47. The monoisotopic (exact) mass is 535 g/mol. The van der Waals surface area contributed by atoms with E-state index in [0.29, 0.717) is 24.3 Å². The molecule has 0 aromatic heterocycles. The van der Waals surface area contributed by atoms with Gasteiger partial charge in [0.1, 0.15) is 6.54 Å². The number of ether oxygens (including phenoxy) is 1. The van der Waals surface area contributed by atoms with Gasteiger partial charge in [0.25, 0.3) is 0 Å². The van der Waals surface area contributed by atoms with E-state index in [2.05, 4.69) is 15.6 Å². The van der Waals surface area contributed by atoms with E-state index >= 15 is 0 Å². The van der Waals surface area contributed by atoms with Crippen LogP contribution in [-0.2, 0) is 14.3 Å². The Hall–Kier alpha value is -1.10. The van der Waals surface area contributed by atoms with Gasteiger partial charge in [0, 0.05) is 58.2 Å². The zero-order valence-corrected chi connectivity index (χ0v) is 20.7. The quantitative estimate of drug-likeness (QED) is 0.306.